The van der Waals surface area contributed by atoms with Gasteiger partial charge in [0.25, 0.3) is 0 Å². The summed E-state index contributed by atoms with van der Waals surface area (Å²) in [5.41, 5.74) is 1.03. The summed E-state index contributed by atoms with van der Waals surface area (Å²) in [5, 5.41) is 3.11. The Hall–Kier alpha value is -1.81. The molecule has 0 atom stereocenters. The first kappa shape index (κ1) is 13.6. The maximum atomic E-state index is 13.8. The van der Waals surface area contributed by atoms with Crippen molar-refractivity contribution in [3.05, 3.63) is 59.4 Å². The van der Waals surface area contributed by atoms with E-state index in [1.54, 1.807) is 24.3 Å². The van der Waals surface area contributed by atoms with Gasteiger partial charge in [-0.3, -0.25) is 0 Å². The molecule has 0 aromatic heterocycles. The van der Waals surface area contributed by atoms with Crippen LogP contribution in [0.15, 0.2) is 36.4 Å². The highest BCUT2D eigenvalue weighted by Gasteiger charge is 2.15. The molecule has 19 heavy (non-hydrogen) atoms. The van der Waals surface area contributed by atoms with Crippen LogP contribution in [0.5, 0.6) is 0 Å². The monoisotopic (exact) mass is 265 g/mol. The maximum absolute atomic E-state index is 13.8. The Kier molecular flexibility index (Phi) is 4.22. The van der Waals surface area contributed by atoms with Gasteiger partial charge in [-0.15, -0.1) is 0 Å². The van der Waals surface area contributed by atoms with Crippen LogP contribution in [0.4, 0.5) is 13.2 Å². The molecule has 1 N–H and O–H groups in total. The van der Waals surface area contributed by atoms with Gasteiger partial charge in [-0.05, 0) is 17.7 Å². The van der Waals surface area contributed by atoms with Crippen LogP contribution >= 0.6 is 0 Å². The van der Waals surface area contributed by atoms with Crippen molar-refractivity contribution in [1.82, 2.24) is 5.32 Å². The van der Waals surface area contributed by atoms with Crippen LogP contribution < -0.4 is 5.32 Å². The van der Waals surface area contributed by atoms with Crippen LogP contribution in [0.25, 0.3) is 11.1 Å². The number of rotatable bonds is 4. The summed E-state index contributed by atoms with van der Waals surface area (Å²) >= 11 is 0. The zero-order valence-electron chi connectivity index (χ0n) is 10.5. The van der Waals surface area contributed by atoms with Crippen LogP contribution in [0.1, 0.15) is 12.5 Å². The number of halogens is 3. The minimum atomic E-state index is -0.914. The lowest BCUT2D eigenvalue weighted by Crippen LogP contribution is -2.12. The molecule has 4 heteroatoms. The van der Waals surface area contributed by atoms with Gasteiger partial charge in [0.2, 0.25) is 0 Å². The summed E-state index contributed by atoms with van der Waals surface area (Å²) in [6, 6.07) is 8.32. The summed E-state index contributed by atoms with van der Waals surface area (Å²) in [7, 11) is 0. The summed E-state index contributed by atoms with van der Waals surface area (Å²) in [5.74, 6) is -2.69. The quantitative estimate of drug-likeness (QED) is 0.884. The Bertz CT molecular complexity index is 558. The average Bonchev–Trinajstić information content (AvgIpc) is 2.36. The number of hydrogen-bond acceptors (Lipinski definition) is 1. The van der Waals surface area contributed by atoms with E-state index in [1.165, 1.54) is 0 Å². The molecule has 0 aliphatic rings. The lowest BCUT2D eigenvalue weighted by Gasteiger charge is -2.12. The molecule has 0 heterocycles. The molecule has 1 nitrogen and oxygen atoms in total. The van der Waals surface area contributed by atoms with Crippen LogP contribution in [-0.2, 0) is 6.54 Å². The second-order valence-corrected chi connectivity index (χ2v) is 4.18. The molecule has 2 aromatic rings. The Morgan fingerprint density at radius 2 is 1.63 bits per heavy atom. The number of hydrogen-bond donors (Lipinski definition) is 1. The molecule has 0 radical (unpaired) electrons. The Morgan fingerprint density at radius 1 is 1.00 bits per heavy atom. The summed E-state index contributed by atoms with van der Waals surface area (Å²) in [6.45, 7) is 3.20. The minimum absolute atomic E-state index is 0.185. The van der Waals surface area contributed by atoms with E-state index in [2.05, 4.69) is 5.32 Å². The third kappa shape index (κ3) is 2.96. The minimum Gasteiger partial charge on any atom is -0.313 e. The normalized spacial score (nSPS) is 10.7. The zero-order chi connectivity index (χ0) is 13.8. The molecule has 2 rings (SSSR count). The van der Waals surface area contributed by atoms with Gasteiger partial charge in [-0.2, -0.15) is 0 Å². The first-order valence-corrected chi connectivity index (χ1v) is 6.07. The van der Waals surface area contributed by atoms with E-state index in [1.807, 2.05) is 6.92 Å². The van der Waals surface area contributed by atoms with Crippen LogP contribution in [0, 0.1) is 17.5 Å². The molecule has 0 spiro atoms. The lowest BCUT2D eigenvalue weighted by atomic mass is 9.98. The van der Waals surface area contributed by atoms with Crippen molar-refractivity contribution in [3.8, 4) is 11.1 Å². The highest BCUT2D eigenvalue weighted by Crippen LogP contribution is 2.29. The second kappa shape index (κ2) is 5.89. The van der Waals surface area contributed by atoms with Gasteiger partial charge in [0.05, 0.1) is 5.56 Å². The standard InChI is InChI=1S/C15H14F3N/c1-2-19-9-10-5-3-4-6-12(10)15-13(17)7-11(16)8-14(15)18/h3-8,19H,2,9H2,1H3. The molecule has 0 amide bonds. The molecule has 0 saturated carbocycles. The molecular weight excluding hydrogens is 251 g/mol. The van der Waals surface area contributed by atoms with Gasteiger partial charge in [0, 0.05) is 18.7 Å². The molecule has 2 aromatic carbocycles. The summed E-state index contributed by atoms with van der Waals surface area (Å²) in [4.78, 5) is 0. The summed E-state index contributed by atoms with van der Waals surface area (Å²) < 4.78 is 40.5. The fourth-order valence-corrected chi connectivity index (χ4v) is 1.98. The molecule has 100 valence electrons. The van der Waals surface area contributed by atoms with E-state index in [-0.39, 0.29) is 5.56 Å². The van der Waals surface area contributed by atoms with Gasteiger partial charge < -0.3 is 5.32 Å². The Morgan fingerprint density at radius 3 is 2.26 bits per heavy atom. The van der Waals surface area contributed by atoms with E-state index in [4.69, 9.17) is 0 Å². The topological polar surface area (TPSA) is 12.0 Å². The molecule has 0 aliphatic heterocycles. The van der Waals surface area contributed by atoms with Gasteiger partial charge in [-0.25, -0.2) is 13.2 Å². The van der Waals surface area contributed by atoms with Crippen molar-refractivity contribution >= 4 is 0 Å². The third-order valence-electron chi connectivity index (χ3n) is 2.86. The van der Waals surface area contributed by atoms with E-state index < -0.39 is 17.5 Å². The molecule has 0 aliphatic carbocycles. The highest BCUT2D eigenvalue weighted by molar-refractivity contribution is 5.68. The van der Waals surface area contributed by atoms with Crippen molar-refractivity contribution < 1.29 is 13.2 Å². The van der Waals surface area contributed by atoms with Gasteiger partial charge >= 0.3 is 0 Å². The van der Waals surface area contributed by atoms with Crippen molar-refractivity contribution in [2.45, 2.75) is 13.5 Å². The SMILES string of the molecule is CCNCc1ccccc1-c1c(F)cc(F)cc1F. The second-order valence-electron chi connectivity index (χ2n) is 4.18. The largest absolute Gasteiger partial charge is 0.313 e. The first-order chi connectivity index (χ1) is 9.13. The molecule has 0 fully saturated rings. The molecule has 0 bridgehead atoms. The summed E-state index contributed by atoms with van der Waals surface area (Å²) in [6.07, 6.45) is 0. The fourth-order valence-electron chi connectivity index (χ4n) is 1.98. The molecule has 0 saturated heterocycles. The Balaban J connectivity index is 2.53. The number of nitrogens with one attached hydrogen (secondary N) is 1. The van der Waals surface area contributed by atoms with Crippen molar-refractivity contribution in [2.24, 2.45) is 0 Å². The van der Waals surface area contributed by atoms with E-state index in [0.29, 0.717) is 24.2 Å². The predicted octanol–water partition coefficient (Wildman–Crippen LogP) is 3.88. The van der Waals surface area contributed by atoms with Crippen molar-refractivity contribution in [2.75, 3.05) is 6.54 Å². The predicted molar refractivity (Wildman–Crippen MR) is 69.1 cm³/mol. The Labute approximate surface area is 110 Å². The van der Waals surface area contributed by atoms with Gasteiger partial charge in [-0.1, -0.05) is 31.2 Å². The van der Waals surface area contributed by atoms with E-state index >= 15 is 0 Å². The lowest BCUT2D eigenvalue weighted by molar-refractivity contribution is 0.547. The van der Waals surface area contributed by atoms with Gasteiger partial charge in [0.1, 0.15) is 17.5 Å². The van der Waals surface area contributed by atoms with Gasteiger partial charge in [0.15, 0.2) is 0 Å². The van der Waals surface area contributed by atoms with E-state index in [0.717, 1.165) is 12.1 Å². The molecular formula is C15H14F3N. The van der Waals surface area contributed by atoms with E-state index in [9.17, 15) is 13.2 Å². The first-order valence-electron chi connectivity index (χ1n) is 6.07. The maximum Gasteiger partial charge on any atom is 0.136 e. The smallest absolute Gasteiger partial charge is 0.136 e. The van der Waals surface area contributed by atoms with Crippen LogP contribution in [0.2, 0.25) is 0 Å². The number of benzene rings is 2. The fraction of sp³-hybridized carbons (Fsp3) is 0.200. The van der Waals surface area contributed by atoms with Crippen molar-refractivity contribution in [3.63, 3.8) is 0 Å². The third-order valence-corrected chi connectivity index (χ3v) is 2.86. The zero-order valence-corrected chi connectivity index (χ0v) is 10.5. The molecule has 0 unspecified atom stereocenters. The van der Waals surface area contributed by atoms with Crippen LogP contribution in [0.3, 0.4) is 0 Å². The van der Waals surface area contributed by atoms with Crippen molar-refractivity contribution in [1.29, 1.82) is 0 Å². The average molecular weight is 265 g/mol. The highest BCUT2D eigenvalue weighted by atomic mass is 19.1. The van der Waals surface area contributed by atoms with Crippen LogP contribution in [-0.4, -0.2) is 6.54 Å².